The van der Waals surface area contributed by atoms with Gasteiger partial charge in [0.25, 0.3) is 10.0 Å². The minimum Gasteiger partial charge on any atom is -0.490 e. The Balaban J connectivity index is 1.33. The molecule has 3 aromatic carbocycles. The molecule has 3 atom stereocenters. The predicted molar refractivity (Wildman–Crippen MR) is 178 cm³/mol. The van der Waals surface area contributed by atoms with Crippen LogP contribution in [0.2, 0.25) is 5.02 Å². The van der Waals surface area contributed by atoms with Gasteiger partial charge in [0.15, 0.2) is 0 Å². The average molecular weight is 649 g/mol. The van der Waals surface area contributed by atoms with Crippen LogP contribution < -0.4 is 14.4 Å². The van der Waals surface area contributed by atoms with Crippen LogP contribution in [0.1, 0.15) is 49.3 Å². The second-order valence-corrected chi connectivity index (χ2v) is 14.9. The smallest absolute Gasteiger partial charge is 0.264 e. The quantitative estimate of drug-likeness (QED) is 0.268. The number of rotatable bonds is 9. The number of hydrogen-bond acceptors (Lipinski definition) is 6. The molecule has 0 radical (unpaired) electrons. The molecule has 1 spiro atoms. The fourth-order valence-electron chi connectivity index (χ4n) is 7.32. The van der Waals surface area contributed by atoms with Gasteiger partial charge in [-0.25, -0.2) is 13.1 Å². The molecule has 3 aliphatic rings. The van der Waals surface area contributed by atoms with Crippen LogP contribution in [0, 0.1) is 11.8 Å². The van der Waals surface area contributed by atoms with E-state index in [-0.39, 0.29) is 16.7 Å². The molecule has 0 unspecified atom stereocenters. The van der Waals surface area contributed by atoms with Gasteiger partial charge < -0.3 is 14.4 Å². The third-order valence-corrected chi connectivity index (χ3v) is 11.4. The maximum atomic E-state index is 13.5. The Labute approximate surface area is 271 Å². The molecule has 0 saturated heterocycles. The van der Waals surface area contributed by atoms with Gasteiger partial charge in [0, 0.05) is 30.6 Å². The van der Waals surface area contributed by atoms with Crippen molar-refractivity contribution in [2.75, 3.05) is 38.3 Å². The molecule has 1 heterocycles. The van der Waals surface area contributed by atoms with E-state index in [0.717, 1.165) is 54.9 Å². The number of carbonyl (C=O) groups excluding carboxylic acids is 1. The van der Waals surface area contributed by atoms with Gasteiger partial charge in [-0.05, 0) is 97.9 Å². The second-order valence-electron chi connectivity index (χ2n) is 12.8. The van der Waals surface area contributed by atoms with Crippen molar-refractivity contribution in [2.45, 2.75) is 55.8 Å². The van der Waals surface area contributed by atoms with E-state index in [2.05, 4.69) is 34.8 Å². The maximum absolute atomic E-state index is 13.5. The predicted octanol–water partition coefficient (Wildman–Crippen LogP) is 6.48. The molecule has 1 N–H and O–H groups in total. The molecule has 9 heteroatoms. The molecule has 0 bridgehead atoms. The van der Waals surface area contributed by atoms with E-state index in [0.29, 0.717) is 37.3 Å². The summed E-state index contributed by atoms with van der Waals surface area (Å²) < 4.78 is 41.2. The van der Waals surface area contributed by atoms with E-state index in [1.807, 2.05) is 24.3 Å². The number of carbonyl (C=O) groups is 1. The van der Waals surface area contributed by atoms with Crippen LogP contribution in [0.15, 0.2) is 83.3 Å². The number of benzene rings is 3. The molecular weight excluding hydrogens is 608 g/mol. The van der Waals surface area contributed by atoms with E-state index in [1.54, 1.807) is 31.4 Å². The average Bonchev–Trinajstić information content (AvgIpc) is 3.15. The lowest BCUT2D eigenvalue weighted by Crippen LogP contribution is -2.48. The highest BCUT2D eigenvalue weighted by Gasteiger charge is 2.43. The Bertz CT molecular complexity index is 1690. The van der Waals surface area contributed by atoms with E-state index in [1.165, 1.54) is 22.8 Å². The summed E-state index contributed by atoms with van der Waals surface area (Å²) in [5.74, 6) is 0.951. The van der Waals surface area contributed by atoms with Gasteiger partial charge in [0.2, 0.25) is 5.91 Å². The van der Waals surface area contributed by atoms with Gasteiger partial charge >= 0.3 is 0 Å². The van der Waals surface area contributed by atoms with Crippen molar-refractivity contribution in [1.29, 1.82) is 0 Å². The van der Waals surface area contributed by atoms with Crippen LogP contribution in [-0.4, -0.2) is 47.7 Å². The summed E-state index contributed by atoms with van der Waals surface area (Å²) in [7, 11) is -2.40. The molecule has 7 nitrogen and oxygen atoms in total. The molecule has 3 aromatic rings. The maximum Gasteiger partial charge on any atom is 0.264 e. The lowest BCUT2D eigenvalue weighted by Gasteiger charge is -2.45. The Morgan fingerprint density at radius 3 is 2.71 bits per heavy atom. The number of allylic oxidation sites excluding steroid dienone is 1. The third kappa shape index (κ3) is 6.79. The van der Waals surface area contributed by atoms with Gasteiger partial charge in [-0.3, -0.25) is 4.79 Å². The van der Waals surface area contributed by atoms with E-state index < -0.39 is 15.9 Å². The summed E-state index contributed by atoms with van der Waals surface area (Å²) in [6.45, 7) is 4.73. The van der Waals surface area contributed by atoms with Crippen LogP contribution in [-0.2, 0) is 37.8 Å². The number of fused-ring (bicyclic) bond motifs is 3. The van der Waals surface area contributed by atoms with E-state index in [9.17, 15) is 13.2 Å². The van der Waals surface area contributed by atoms with Crippen molar-refractivity contribution in [3.63, 3.8) is 0 Å². The van der Waals surface area contributed by atoms with Crippen molar-refractivity contribution in [2.24, 2.45) is 11.8 Å². The minimum absolute atomic E-state index is 0.0226. The zero-order chi connectivity index (χ0) is 31.6. The SMILES string of the molecule is COC/C=C(\C)[C@@H]1CC[C@H]1CN1C[C@@]2(CCCc3cc(Cl)ccc32)COc2ccc(S(=O)(=O)NC(=O)Cc3ccccc3)cc21. The first-order valence-corrected chi connectivity index (χ1v) is 17.6. The van der Waals surface area contributed by atoms with Gasteiger partial charge in [0.05, 0.1) is 30.2 Å². The molecule has 1 saturated carbocycles. The van der Waals surface area contributed by atoms with E-state index >= 15 is 0 Å². The second kappa shape index (κ2) is 13.2. The Morgan fingerprint density at radius 2 is 1.96 bits per heavy atom. The van der Waals surface area contributed by atoms with Crippen LogP contribution in [0.4, 0.5) is 5.69 Å². The molecule has 1 amide bonds. The molecule has 0 aromatic heterocycles. The number of anilines is 1. The summed E-state index contributed by atoms with van der Waals surface area (Å²) >= 11 is 6.41. The number of ether oxygens (including phenoxy) is 2. The number of sulfonamides is 1. The summed E-state index contributed by atoms with van der Waals surface area (Å²) in [4.78, 5) is 15.2. The molecule has 6 rings (SSSR count). The number of hydrogen-bond donors (Lipinski definition) is 1. The minimum atomic E-state index is -4.11. The number of nitrogens with one attached hydrogen (secondary N) is 1. The lowest BCUT2D eigenvalue weighted by atomic mass is 9.68. The highest BCUT2D eigenvalue weighted by Crippen LogP contribution is 2.47. The molecular formula is C36H41ClN2O5S. The first-order chi connectivity index (χ1) is 21.7. The van der Waals surface area contributed by atoms with Crippen LogP contribution >= 0.6 is 11.6 Å². The Hall–Kier alpha value is -3.33. The highest BCUT2D eigenvalue weighted by atomic mass is 35.5. The summed E-state index contributed by atoms with van der Waals surface area (Å²) in [6, 6.07) is 20.3. The number of amides is 1. The van der Waals surface area contributed by atoms with Crippen molar-refractivity contribution in [3.05, 3.63) is 100 Å². The van der Waals surface area contributed by atoms with Crippen LogP contribution in [0.25, 0.3) is 0 Å². The first-order valence-electron chi connectivity index (χ1n) is 15.7. The number of halogens is 1. The molecule has 45 heavy (non-hydrogen) atoms. The summed E-state index contributed by atoms with van der Waals surface area (Å²) in [5.41, 5.74) is 5.09. The van der Waals surface area contributed by atoms with Gasteiger partial charge in [-0.2, -0.15) is 0 Å². The first kappa shape index (κ1) is 31.6. The normalized spacial score (nSPS) is 22.9. The Morgan fingerprint density at radius 1 is 1.13 bits per heavy atom. The highest BCUT2D eigenvalue weighted by molar-refractivity contribution is 7.90. The van der Waals surface area contributed by atoms with Crippen LogP contribution in [0.5, 0.6) is 5.75 Å². The lowest BCUT2D eigenvalue weighted by molar-refractivity contribution is -0.118. The van der Waals surface area contributed by atoms with Crippen molar-refractivity contribution in [3.8, 4) is 5.75 Å². The standard InChI is InChI=1S/C36H41ClN2O5S/c1-25(16-18-43-2)31-13-10-28(31)22-39-23-36(17-6-9-27-20-29(37)11-14-32(27)36)24-44-34-15-12-30(21-33(34)39)45(41,42)38-35(40)19-26-7-4-3-5-8-26/h3-5,7-8,11-12,14-16,20-21,28,31H,6,9-10,13,17-19,22-24H2,1-2H3,(H,38,40)/b25-16+/t28-,31-,36-/m0/s1. The number of aryl methyl sites for hydroxylation is 1. The Kier molecular flexibility index (Phi) is 9.27. The molecule has 2 aliphatic carbocycles. The van der Waals surface area contributed by atoms with Gasteiger partial charge in [-0.1, -0.05) is 59.6 Å². The number of nitrogens with zero attached hydrogens (tertiary/aromatic N) is 1. The molecule has 1 aliphatic heterocycles. The van der Waals surface area contributed by atoms with Gasteiger partial charge in [-0.15, -0.1) is 0 Å². The zero-order valence-electron chi connectivity index (χ0n) is 25.9. The van der Waals surface area contributed by atoms with Crippen molar-refractivity contribution < 1.29 is 22.7 Å². The summed E-state index contributed by atoms with van der Waals surface area (Å²) in [6.07, 6.45) is 7.34. The van der Waals surface area contributed by atoms with E-state index in [4.69, 9.17) is 21.1 Å². The van der Waals surface area contributed by atoms with Crippen molar-refractivity contribution >= 4 is 33.2 Å². The number of methoxy groups -OCH3 is 1. The third-order valence-electron chi connectivity index (χ3n) is 9.80. The fourth-order valence-corrected chi connectivity index (χ4v) is 8.52. The zero-order valence-corrected chi connectivity index (χ0v) is 27.5. The van der Waals surface area contributed by atoms with Crippen molar-refractivity contribution in [1.82, 2.24) is 4.72 Å². The molecule has 238 valence electrons. The monoisotopic (exact) mass is 648 g/mol. The fraction of sp³-hybridized carbons (Fsp3) is 0.417. The summed E-state index contributed by atoms with van der Waals surface area (Å²) in [5, 5.41) is 0.736. The largest absolute Gasteiger partial charge is 0.490 e. The van der Waals surface area contributed by atoms with Gasteiger partial charge in [0.1, 0.15) is 5.75 Å². The van der Waals surface area contributed by atoms with Crippen LogP contribution in [0.3, 0.4) is 0 Å². The topological polar surface area (TPSA) is 84.9 Å². The molecule has 1 fully saturated rings.